The van der Waals surface area contributed by atoms with Crippen LogP contribution in [-0.2, 0) is 19.0 Å². The minimum atomic E-state index is -1.55. The maximum atomic E-state index is 12.4. The molecule has 1 saturated carbocycles. The maximum absolute atomic E-state index is 12.4. The summed E-state index contributed by atoms with van der Waals surface area (Å²) in [6, 6.07) is 3.41. The van der Waals surface area contributed by atoms with Crippen molar-refractivity contribution in [2.24, 2.45) is 11.3 Å². The fourth-order valence-corrected chi connectivity index (χ4v) is 5.04. The Bertz CT molecular complexity index is 833. The second-order valence-electron chi connectivity index (χ2n) is 8.68. The van der Waals surface area contributed by atoms with E-state index in [9.17, 15) is 30.3 Å². The number of cyclic esters (lactones) is 1. The van der Waals surface area contributed by atoms with Gasteiger partial charge in [-0.15, -0.1) is 0 Å². The highest BCUT2D eigenvalue weighted by atomic mass is 16.7. The van der Waals surface area contributed by atoms with E-state index in [1.165, 1.54) is 6.26 Å². The fraction of sp³-hybridized carbons (Fsp3) is 0.667. The topological polar surface area (TPSA) is 159 Å². The van der Waals surface area contributed by atoms with Gasteiger partial charge in [0, 0.05) is 11.3 Å². The molecule has 0 bridgehead atoms. The van der Waals surface area contributed by atoms with Gasteiger partial charge < -0.3 is 44.2 Å². The monoisotopic (exact) mass is 440 g/mol. The molecule has 1 aromatic rings. The van der Waals surface area contributed by atoms with Gasteiger partial charge in [-0.3, -0.25) is 0 Å². The highest BCUT2D eigenvalue weighted by Crippen LogP contribution is 2.56. The van der Waals surface area contributed by atoms with Crippen LogP contribution in [0.4, 0.5) is 0 Å². The largest absolute Gasteiger partial charge is 0.502 e. The molecule has 0 spiro atoms. The molecule has 1 saturated heterocycles. The zero-order valence-electron chi connectivity index (χ0n) is 17.2. The van der Waals surface area contributed by atoms with Crippen LogP contribution in [0, 0.1) is 11.3 Å². The van der Waals surface area contributed by atoms with E-state index in [0.29, 0.717) is 24.2 Å². The lowest BCUT2D eigenvalue weighted by Gasteiger charge is -2.50. The van der Waals surface area contributed by atoms with E-state index in [1.54, 1.807) is 19.1 Å². The number of hydrogen-bond donors (Lipinski definition) is 5. The summed E-state index contributed by atoms with van der Waals surface area (Å²) in [5.74, 6) is -1.31. The Morgan fingerprint density at radius 1 is 1.23 bits per heavy atom. The van der Waals surface area contributed by atoms with E-state index in [0.717, 1.165) is 0 Å². The molecule has 10 nitrogen and oxygen atoms in total. The van der Waals surface area contributed by atoms with E-state index in [-0.39, 0.29) is 0 Å². The van der Waals surface area contributed by atoms with Crippen LogP contribution in [0.1, 0.15) is 38.6 Å². The maximum Gasteiger partial charge on any atom is 0.374 e. The molecule has 0 aromatic carbocycles. The van der Waals surface area contributed by atoms with E-state index < -0.39 is 72.6 Å². The lowest BCUT2D eigenvalue weighted by atomic mass is 9.61. The molecule has 1 aliphatic carbocycles. The highest BCUT2D eigenvalue weighted by molar-refractivity contribution is 5.88. The van der Waals surface area contributed by atoms with Crippen molar-refractivity contribution in [3.8, 4) is 0 Å². The molecule has 0 amide bonds. The first kappa shape index (κ1) is 22.3. The predicted octanol–water partition coefficient (Wildman–Crippen LogP) is 0.311. The summed E-state index contributed by atoms with van der Waals surface area (Å²) in [4.78, 5) is 12.4. The number of hydrogen-bond acceptors (Lipinski definition) is 10. The smallest absolute Gasteiger partial charge is 0.374 e. The summed E-state index contributed by atoms with van der Waals surface area (Å²) in [7, 11) is 0. The first-order valence-electron chi connectivity index (χ1n) is 10.3. The molecule has 3 aliphatic rings. The van der Waals surface area contributed by atoms with Gasteiger partial charge in [-0.05, 0) is 30.5 Å². The van der Waals surface area contributed by atoms with Gasteiger partial charge in [0.25, 0.3) is 0 Å². The van der Waals surface area contributed by atoms with Crippen molar-refractivity contribution in [2.75, 3.05) is 6.61 Å². The van der Waals surface area contributed by atoms with Crippen LogP contribution >= 0.6 is 0 Å². The molecule has 0 radical (unpaired) electrons. The minimum Gasteiger partial charge on any atom is -0.502 e. The summed E-state index contributed by atoms with van der Waals surface area (Å²) >= 11 is 0. The number of carbonyl (C=O) groups is 1. The molecule has 10 heteroatoms. The molecule has 3 heterocycles. The van der Waals surface area contributed by atoms with Gasteiger partial charge in [0.1, 0.15) is 30.2 Å². The third-order valence-electron chi connectivity index (χ3n) is 6.79. The Kier molecular flexibility index (Phi) is 5.88. The second-order valence-corrected chi connectivity index (χ2v) is 8.68. The van der Waals surface area contributed by atoms with Crippen LogP contribution in [0.2, 0.25) is 0 Å². The van der Waals surface area contributed by atoms with Crippen molar-refractivity contribution in [1.82, 2.24) is 0 Å². The third-order valence-corrected chi connectivity index (χ3v) is 6.79. The molecule has 2 aliphatic heterocycles. The first-order valence-corrected chi connectivity index (χ1v) is 10.3. The Morgan fingerprint density at radius 3 is 2.61 bits per heavy atom. The van der Waals surface area contributed by atoms with Crippen LogP contribution < -0.4 is 0 Å². The van der Waals surface area contributed by atoms with Gasteiger partial charge >= 0.3 is 5.97 Å². The number of esters is 1. The standard InChI is InChI=1S/C21H28O10/c1-9-10(29-20-17(26)16(25)14(23)12(8-22)30-20)5-6-21(2)13(9)15(24)19(27)31-18(21)11-4-3-7-28-11/h3-4,7,9-10,12,14,16-18,20,22-26H,5-6,8H2,1-2H3/t9-,10+,12-,14-,16+,17-,18+,20-,21-/m1/s1. The predicted molar refractivity (Wildman–Crippen MR) is 102 cm³/mol. The van der Waals surface area contributed by atoms with Crippen molar-refractivity contribution < 1.29 is 49.0 Å². The molecule has 31 heavy (non-hydrogen) atoms. The zero-order valence-corrected chi connectivity index (χ0v) is 17.2. The third kappa shape index (κ3) is 3.57. The quantitative estimate of drug-likeness (QED) is 0.412. The molecule has 4 rings (SSSR count). The van der Waals surface area contributed by atoms with Gasteiger partial charge in [-0.2, -0.15) is 0 Å². The van der Waals surface area contributed by atoms with Crippen LogP contribution in [-0.4, -0.2) is 74.9 Å². The van der Waals surface area contributed by atoms with Crippen molar-refractivity contribution in [2.45, 2.75) is 69.6 Å². The molecule has 172 valence electrons. The van der Waals surface area contributed by atoms with E-state index >= 15 is 0 Å². The molecular formula is C21H28O10. The highest BCUT2D eigenvalue weighted by Gasteiger charge is 2.55. The van der Waals surface area contributed by atoms with Crippen molar-refractivity contribution in [3.63, 3.8) is 0 Å². The van der Waals surface area contributed by atoms with Gasteiger partial charge in [0.2, 0.25) is 5.76 Å². The Morgan fingerprint density at radius 2 is 1.97 bits per heavy atom. The normalized spacial score (nSPS) is 43.5. The summed E-state index contributed by atoms with van der Waals surface area (Å²) in [5, 5.41) is 50.2. The Hall–Kier alpha value is -1.95. The number of rotatable bonds is 4. The summed E-state index contributed by atoms with van der Waals surface area (Å²) in [5.41, 5.74) is -0.268. The van der Waals surface area contributed by atoms with Crippen molar-refractivity contribution >= 4 is 5.97 Å². The van der Waals surface area contributed by atoms with Gasteiger partial charge in [-0.1, -0.05) is 13.8 Å². The van der Waals surface area contributed by atoms with E-state index in [2.05, 4.69) is 0 Å². The average molecular weight is 440 g/mol. The van der Waals surface area contributed by atoms with Crippen LogP contribution in [0.3, 0.4) is 0 Å². The van der Waals surface area contributed by atoms with Crippen LogP contribution in [0.15, 0.2) is 34.1 Å². The van der Waals surface area contributed by atoms with Crippen LogP contribution in [0.25, 0.3) is 0 Å². The van der Waals surface area contributed by atoms with E-state index in [1.807, 2.05) is 6.92 Å². The average Bonchev–Trinajstić information content (AvgIpc) is 3.27. The first-order chi connectivity index (χ1) is 14.7. The number of carbonyl (C=O) groups excluding carboxylic acids is 1. The number of ether oxygens (including phenoxy) is 3. The van der Waals surface area contributed by atoms with Gasteiger partial charge in [0.15, 0.2) is 12.4 Å². The molecule has 0 unspecified atom stereocenters. The van der Waals surface area contributed by atoms with Gasteiger partial charge in [-0.25, -0.2) is 4.79 Å². The van der Waals surface area contributed by atoms with Crippen molar-refractivity contribution in [3.05, 3.63) is 35.5 Å². The van der Waals surface area contributed by atoms with E-state index in [4.69, 9.17) is 18.6 Å². The number of fused-ring (bicyclic) bond motifs is 1. The van der Waals surface area contributed by atoms with Crippen LogP contribution in [0.5, 0.6) is 0 Å². The summed E-state index contributed by atoms with van der Waals surface area (Å²) in [6.45, 7) is 3.11. The SMILES string of the molecule is C[C@H]1C2=C(O)C(=O)O[C@@H](c3ccco3)[C@]2(C)CC[C@@H]1O[C@@H]1O[C@H](CO)[C@@H](O)[C@H](O)[C@H]1O. The molecule has 9 atom stereocenters. The van der Waals surface area contributed by atoms with Gasteiger partial charge in [0.05, 0.1) is 19.0 Å². The summed E-state index contributed by atoms with van der Waals surface area (Å²) < 4.78 is 22.3. The summed E-state index contributed by atoms with van der Waals surface area (Å²) in [6.07, 6.45) is -5.82. The minimum absolute atomic E-state index is 0.462. The fourth-order valence-electron chi connectivity index (χ4n) is 5.04. The molecular weight excluding hydrogens is 412 g/mol. The Labute approximate surface area is 178 Å². The number of aliphatic hydroxyl groups is 5. The molecule has 1 aromatic heterocycles. The lowest BCUT2D eigenvalue weighted by Crippen LogP contribution is -2.60. The zero-order chi connectivity index (χ0) is 22.5. The second kappa shape index (κ2) is 8.19. The molecule has 2 fully saturated rings. The number of furan rings is 1. The Balaban J connectivity index is 1.59. The molecule has 5 N–H and O–H groups in total. The lowest BCUT2D eigenvalue weighted by molar-refractivity contribution is -0.316. The number of aliphatic hydroxyl groups excluding tert-OH is 5. The van der Waals surface area contributed by atoms with Crippen molar-refractivity contribution in [1.29, 1.82) is 0 Å².